The Labute approximate surface area is 69.8 Å². The number of fused-ring (bicyclic) bond motifs is 1. The highest BCUT2D eigenvalue weighted by Crippen LogP contribution is 2.20. The second kappa shape index (κ2) is 2.70. The quantitative estimate of drug-likeness (QED) is 0.593. The van der Waals surface area contributed by atoms with E-state index in [1.54, 1.807) is 18.6 Å². The van der Waals surface area contributed by atoms with E-state index in [1.807, 2.05) is 12.1 Å². The predicted molar refractivity (Wildman–Crippen MR) is 48.7 cm³/mol. The maximum atomic E-state index is 4.18. The third-order valence-corrected chi connectivity index (χ3v) is 1.66. The van der Waals surface area contributed by atoms with E-state index in [4.69, 9.17) is 0 Å². The van der Waals surface area contributed by atoms with E-state index < -0.39 is 0 Å². The van der Waals surface area contributed by atoms with Crippen molar-refractivity contribution >= 4 is 23.3 Å². The number of aliphatic imine (C=N–C) groups is 1. The maximum absolute atomic E-state index is 4.18. The molecule has 0 aliphatic heterocycles. The molecule has 0 fully saturated rings. The molecule has 0 saturated carbocycles. The van der Waals surface area contributed by atoms with Gasteiger partial charge >= 0.3 is 0 Å². The molecular weight excluding hydrogens is 150 g/mol. The molecule has 0 bridgehead atoms. The molecule has 3 heteroatoms. The predicted octanol–water partition coefficient (Wildman–Crippen LogP) is 1.96. The molecule has 2 aromatic rings. The highest BCUT2D eigenvalue weighted by Gasteiger charge is 1.97. The first-order valence-corrected chi connectivity index (χ1v) is 3.57. The molecule has 0 atom stereocenters. The number of hydrogen-bond donors (Lipinski definition) is 0. The van der Waals surface area contributed by atoms with Gasteiger partial charge in [0.1, 0.15) is 5.69 Å². The van der Waals surface area contributed by atoms with Crippen molar-refractivity contribution in [3.8, 4) is 0 Å². The van der Waals surface area contributed by atoms with Crippen LogP contribution in [0.2, 0.25) is 0 Å². The molecule has 2 heterocycles. The van der Waals surface area contributed by atoms with Gasteiger partial charge in [0, 0.05) is 17.8 Å². The monoisotopic (exact) mass is 157 g/mol. The van der Waals surface area contributed by atoms with Crippen LogP contribution in [-0.4, -0.2) is 16.7 Å². The number of pyridine rings is 2. The van der Waals surface area contributed by atoms with Crippen LogP contribution in [0.3, 0.4) is 0 Å². The van der Waals surface area contributed by atoms with Crippen molar-refractivity contribution in [2.75, 3.05) is 0 Å². The molecule has 2 rings (SSSR count). The summed E-state index contributed by atoms with van der Waals surface area (Å²) in [5, 5.41) is 0.988. The van der Waals surface area contributed by atoms with E-state index >= 15 is 0 Å². The minimum Gasteiger partial charge on any atom is -0.262 e. The molecule has 0 aliphatic rings. The molecule has 0 saturated heterocycles. The summed E-state index contributed by atoms with van der Waals surface area (Å²) in [6.45, 7) is 3.45. The van der Waals surface area contributed by atoms with Crippen LogP contribution < -0.4 is 0 Å². The van der Waals surface area contributed by atoms with Gasteiger partial charge in [0.25, 0.3) is 0 Å². The highest BCUT2D eigenvalue weighted by atomic mass is 14.8. The Hall–Kier alpha value is -1.77. The van der Waals surface area contributed by atoms with Crippen molar-refractivity contribution in [1.82, 2.24) is 9.97 Å². The summed E-state index contributed by atoms with van der Waals surface area (Å²) in [7, 11) is 0. The lowest BCUT2D eigenvalue weighted by atomic mass is 10.2. The SMILES string of the molecule is C=Nc1cncc2cccnc12. The molecule has 2 aromatic heterocycles. The van der Waals surface area contributed by atoms with E-state index in [0.717, 1.165) is 16.6 Å². The summed E-state index contributed by atoms with van der Waals surface area (Å²) >= 11 is 0. The van der Waals surface area contributed by atoms with Gasteiger partial charge in [0.05, 0.1) is 11.7 Å². The van der Waals surface area contributed by atoms with Crippen molar-refractivity contribution in [3.63, 3.8) is 0 Å². The van der Waals surface area contributed by atoms with Crippen LogP contribution in [0.25, 0.3) is 10.9 Å². The van der Waals surface area contributed by atoms with E-state index in [0.29, 0.717) is 0 Å². The van der Waals surface area contributed by atoms with Crippen molar-refractivity contribution in [1.29, 1.82) is 0 Å². The van der Waals surface area contributed by atoms with Crippen molar-refractivity contribution in [2.24, 2.45) is 4.99 Å². The zero-order valence-electron chi connectivity index (χ0n) is 6.44. The van der Waals surface area contributed by atoms with E-state index in [1.165, 1.54) is 0 Å². The zero-order valence-corrected chi connectivity index (χ0v) is 6.44. The van der Waals surface area contributed by atoms with Gasteiger partial charge in [-0.2, -0.15) is 0 Å². The summed E-state index contributed by atoms with van der Waals surface area (Å²) in [5.74, 6) is 0. The van der Waals surface area contributed by atoms with Crippen molar-refractivity contribution in [2.45, 2.75) is 0 Å². The Balaban J connectivity index is 2.88. The third kappa shape index (κ3) is 0.955. The van der Waals surface area contributed by atoms with Gasteiger partial charge in [-0.05, 0) is 18.9 Å². The molecule has 3 nitrogen and oxygen atoms in total. The Morgan fingerprint density at radius 1 is 1.33 bits per heavy atom. The molecule has 0 N–H and O–H groups in total. The van der Waals surface area contributed by atoms with Crippen LogP contribution in [-0.2, 0) is 0 Å². The van der Waals surface area contributed by atoms with Crippen LogP contribution in [0.1, 0.15) is 0 Å². The molecule has 0 amide bonds. The van der Waals surface area contributed by atoms with Crippen LogP contribution in [0.15, 0.2) is 35.7 Å². The van der Waals surface area contributed by atoms with Gasteiger partial charge in [-0.1, -0.05) is 0 Å². The summed E-state index contributed by atoms with van der Waals surface area (Å²) in [6.07, 6.45) is 5.15. The van der Waals surface area contributed by atoms with E-state index in [2.05, 4.69) is 21.7 Å². The maximum Gasteiger partial charge on any atom is 0.107 e. The molecule has 0 spiro atoms. The largest absolute Gasteiger partial charge is 0.262 e. The smallest absolute Gasteiger partial charge is 0.107 e. The number of hydrogen-bond acceptors (Lipinski definition) is 3. The van der Waals surface area contributed by atoms with Crippen molar-refractivity contribution in [3.05, 3.63) is 30.7 Å². The fourth-order valence-electron chi connectivity index (χ4n) is 1.10. The second-order valence-corrected chi connectivity index (χ2v) is 2.39. The topological polar surface area (TPSA) is 38.1 Å². The first kappa shape index (κ1) is 6.91. The van der Waals surface area contributed by atoms with Gasteiger partial charge in [-0.3, -0.25) is 15.0 Å². The summed E-state index contributed by atoms with van der Waals surface area (Å²) in [4.78, 5) is 12.0. The standard InChI is InChI=1S/C9H7N3/c1-10-8-6-11-5-7-3-2-4-12-9(7)8/h2-6H,1H2. The first-order valence-electron chi connectivity index (χ1n) is 3.57. The van der Waals surface area contributed by atoms with Crippen LogP contribution in [0.5, 0.6) is 0 Å². The molecule has 12 heavy (non-hydrogen) atoms. The summed E-state index contributed by atoms with van der Waals surface area (Å²) in [5.41, 5.74) is 1.58. The lowest BCUT2D eigenvalue weighted by molar-refractivity contribution is 1.31. The molecule has 58 valence electrons. The molecule has 0 unspecified atom stereocenters. The van der Waals surface area contributed by atoms with Crippen LogP contribution in [0, 0.1) is 0 Å². The number of nitrogens with zero attached hydrogens (tertiary/aromatic N) is 3. The van der Waals surface area contributed by atoms with Gasteiger partial charge < -0.3 is 0 Å². The minimum absolute atomic E-state index is 0.730. The molecule has 0 aliphatic carbocycles. The van der Waals surface area contributed by atoms with Gasteiger partial charge in [0.2, 0.25) is 0 Å². The second-order valence-electron chi connectivity index (χ2n) is 2.39. The van der Waals surface area contributed by atoms with Gasteiger partial charge in [-0.15, -0.1) is 0 Å². The average molecular weight is 157 g/mol. The normalized spacial score (nSPS) is 10.0. The Kier molecular flexibility index (Phi) is 1.55. The summed E-state index contributed by atoms with van der Waals surface area (Å²) < 4.78 is 0. The van der Waals surface area contributed by atoms with E-state index in [9.17, 15) is 0 Å². The first-order chi connectivity index (χ1) is 5.92. The number of aromatic nitrogens is 2. The fraction of sp³-hybridized carbons (Fsp3) is 0. The third-order valence-electron chi connectivity index (χ3n) is 1.66. The molecule has 0 radical (unpaired) electrons. The average Bonchev–Trinajstić information content (AvgIpc) is 2.17. The molecule has 0 aromatic carbocycles. The lowest BCUT2D eigenvalue weighted by Gasteiger charge is -1.97. The Bertz CT molecular complexity index is 418. The van der Waals surface area contributed by atoms with Crippen LogP contribution in [0.4, 0.5) is 5.69 Å². The van der Waals surface area contributed by atoms with Gasteiger partial charge in [0.15, 0.2) is 0 Å². The van der Waals surface area contributed by atoms with E-state index in [-0.39, 0.29) is 0 Å². The summed E-state index contributed by atoms with van der Waals surface area (Å²) in [6, 6.07) is 3.82. The highest BCUT2D eigenvalue weighted by molar-refractivity contribution is 5.87. The van der Waals surface area contributed by atoms with Crippen LogP contribution >= 0.6 is 0 Å². The fourth-order valence-corrected chi connectivity index (χ4v) is 1.10. The Morgan fingerprint density at radius 2 is 2.25 bits per heavy atom. The minimum atomic E-state index is 0.730. The lowest BCUT2D eigenvalue weighted by Crippen LogP contribution is -1.79. The van der Waals surface area contributed by atoms with Gasteiger partial charge in [-0.25, -0.2) is 0 Å². The Morgan fingerprint density at radius 3 is 3.08 bits per heavy atom. The molecular formula is C9H7N3. The van der Waals surface area contributed by atoms with Crippen molar-refractivity contribution < 1.29 is 0 Å². The zero-order chi connectivity index (χ0) is 8.39. The number of rotatable bonds is 1.